The summed E-state index contributed by atoms with van der Waals surface area (Å²) in [6.07, 6.45) is 1.90. The lowest BCUT2D eigenvalue weighted by atomic mass is 10.1. The van der Waals surface area contributed by atoms with E-state index in [4.69, 9.17) is 11.6 Å². The van der Waals surface area contributed by atoms with Crippen LogP contribution in [0.4, 0.5) is 5.82 Å². The maximum atomic E-state index is 5.96. The highest BCUT2D eigenvalue weighted by Gasteiger charge is 2.02. The van der Waals surface area contributed by atoms with Gasteiger partial charge in [-0.2, -0.15) is 5.10 Å². The summed E-state index contributed by atoms with van der Waals surface area (Å²) in [5.74, 6) is 0.739. The number of hydrogen-bond acceptors (Lipinski definition) is 3. The van der Waals surface area contributed by atoms with Crippen LogP contribution in [0.15, 0.2) is 30.5 Å². The van der Waals surface area contributed by atoms with E-state index in [0.29, 0.717) is 6.54 Å². The number of anilines is 1. The molecule has 1 aromatic carbocycles. The number of benzene rings is 1. The van der Waals surface area contributed by atoms with E-state index in [2.05, 4.69) is 29.6 Å². The van der Waals surface area contributed by atoms with E-state index in [0.717, 1.165) is 10.8 Å². The Morgan fingerprint density at radius 1 is 1.44 bits per heavy atom. The Morgan fingerprint density at radius 3 is 2.94 bits per heavy atom. The number of nitrogens with zero attached hydrogens (tertiary/aromatic N) is 2. The van der Waals surface area contributed by atoms with Crippen LogP contribution in [0.1, 0.15) is 11.1 Å². The second kappa shape index (κ2) is 4.80. The van der Waals surface area contributed by atoms with Crippen LogP contribution in [-0.2, 0) is 6.54 Å². The van der Waals surface area contributed by atoms with Gasteiger partial charge in [0.25, 0.3) is 0 Å². The number of thiol groups is 1. The third-order valence-corrected chi connectivity index (χ3v) is 2.86. The van der Waals surface area contributed by atoms with Crippen LogP contribution in [0.2, 0.25) is 5.02 Å². The Labute approximate surface area is 105 Å². The predicted octanol–water partition coefficient (Wildman–Crippen LogP) is 3.15. The first-order valence-electron chi connectivity index (χ1n) is 4.87. The number of halogens is 1. The van der Waals surface area contributed by atoms with Gasteiger partial charge in [0, 0.05) is 17.3 Å². The average Bonchev–Trinajstić information content (AvgIpc) is 2.71. The number of rotatable bonds is 3. The van der Waals surface area contributed by atoms with Crippen molar-refractivity contribution in [1.82, 2.24) is 9.78 Å². The smallest absolute Gasteiger partial charge is 0.157 e. The first-order valence-corrected chi connectivity index (χ1v) is 5.70. The molecule has 0 aliphatic carbocycles. The van der Waals surface area contributed by atoms with Gasteiger partial charge in [-0.25, -0.2) is 0 Å². The molecule has 2 rings (SSSR count). The van der Waals surface area contributed by atoms with Crippen LogP contribution < -0.4 is 4.72 Å². The van der Waals surface area contributed by atoms with Crippen molar-refractivity contribution < 1.29 is 0 Å². The zero-order valence-electron chi connectivity index (χ0n) is 8.81. The van der Waals surface area contributed by atoms with Gasteiger partial charge in [-0.15, -0.1) is 0 Å². The standard InChI is InChI=1S/C11H12ClN3S/c1-8-2-3-10(12)6-9(8)7-15-5-4-11(13-15)14-16/h2-6,16H,7H2,1H3,(H,13,14). The number of aryl methyl sites for hydroxylation is 1. The predicted molar refractivity (Wildman–Crippen MR) is 70.1 cm³/mol. The van der Waals surface area contributed by atoms with Crippen LogP contribution >= 0.6 is 24.4 Å². The molecule has 0 atom stereocenters. The quantitative estimate of drug-likeness (QED) is 0.823. The maximum Gasteiger partial charge on any atom is 0.157 e. The molecule has 1 aromatic heterocycles. The molecule has 0 aliphatic rings. The van der Waals surface area contributed by atoms with Gasteiger partial charge in [-0.1, -0.05) is 30.5 Å². The summed E-state index contributed by atoms with van der Waals surface area (Å²) in [6.45, 7) is 2.77. The molecule has 0 saturated heterocycles. The monoisotopic (exact) mass is 253 g/mol. The highest BCUT2D eigenvalue weighted by molar-refractivity contribution is 7.81. The molecule has 0 unspecified atom stereocenters. The Hall–Kier alpha value is -1.13. The van der Waals surface area contributed by atoms with Crippen molar-refractivity contribution >= 4 is 30.2 Å². The van der Waals surface area contributed by atoms with Gasteiger partial charge in [0.1, 0.15) is 0 Å². The highest BCUT2D eigenvalue weighted by atomic mass is 35.5. The lowest BCUT2D eigenvalue weighted by molar-refractivity contribution is 0.687. The van der Waals surface area contributed by atoms with Gasteiger partial charge in [0.2, 0.25) is 0 Å². The van der Waals surface area contributed by atoms with Gasteiger partial charge >= 0.3 is 0 Å². The van der Waals surface area contributed by atoms with Gasteiger partial charge < -0.3 is 4.72 Å². The molecule has 1 N–H and O–H groups in total. The third kappa shape index (κ3) is 2.51. The van der Waals surface area contributed by atoms with Gasteiger partial charge in [-0.3, -0.25) is 4.68 Å². The van der Waals surface area contributed by atoms with Crippen molar-refractivity contribution in [2.45, 2.75) is 13.5 Å². The van der Waals surface area contributed by atoms with Crippen LogP contribution in [0.5, 0.6) is 0 Å². The summed E-state index contributed by atoms with van der Waals surface area (Å²) in [5.41, 5.74) is 2.38. The minimum atomic E-state index is 0.710. The molecular weight excluding hydrogens is 242 g/mol. The molecule has 16 heavy (non-hydrogen) atoms. The van der Waals surface area contributed by atoms with Crippen molar-refractivity contribution in [2.24, 2.45) is 0 Å². The van der Waals surface area contributed by atoms with E-state index >= 15 is 0 Å². The molecule has 0 spiro atoms. The fraction of sp³-hybridized carbons (Fsp3) is 0.182. The Balaban J connectivity index is 2.22. The minimum absolute atomic E-state index is 0.710. The lowest BCUT2D eigenvalue weighted by Crippen LogP contribution is -2.02. The summed E-state index contributed by atoms with van der Waals surface area (Å²) >= 11 is 9.90. The fourth-order valence-corrected chi connectivity index (χ4v) is 1.81. The summed E-state index contributed by atoms with van der Waals surface area (Å²) in [7, 11) is 0. The van der Waals surface area contributed by atoms with Crippen LogP contribution in [0.25, 0.3) is 0 Å². The highest BCUT2D eigenvalue weighted by Crippen LogP contribution is 2.16. The van der Waals surface area contributed by atoms with E-state index in [1.165, 1.54) is 11.1 Å². The normalized spacial score (nSPS) is 10.4. The SMILES string of the molecule is Cc1ccc(Cl)cc1Cn1ccc(NS)n1. The molecule has 84 valence electrons. The first kappa shape index (κ1) is 11.4. The van der Waals surface area contributed by atoms with Gasteiger partial charge in [0.15, 0.2) is 5.82 Å². The van der Waals surface area contributed by atoms with E-state index in [9.17, 15) is 0 Å². The van der Waals surface area contributed by atoms with E-state index in [-0.39, 0.29) is 0 Å². The topological polar surface area (TPSA) is 29.9 Å². The Morgan fingerprint density at radius 2 is 2.25 bits per heavy atom. The minimum Gasteiger partial charge on any atom is -0.316 e. The lowest BCUT2D eigenvalue weighted by Gasteiger charge is -2.06. The van der Waals surface area contributed by atoms with Gasteiger partial charge in [-0.05, 0) is 30.2 Å². The van der Waals surface area contributed by atoms with Crippen LogP contribution in [-0.4, -0.2) is 9.78 Å². The third-order valence-electron chi connectivity index (χ3n) is 2.40. The summed E-state index contributed by atoms with van der Waals surface area (Å²) < 4.78 is 4.54. The molecule has 2 aromatic rings. The zero-order chi connectivity index (χ0) is 11.5. The van der Waals surface area contributed by atoms with E-state index in [1.54, 1.807) is 0 Å². The summed E-state index contributed by atoms with van der Waals surface area (Å²) in [5, 5.41) is 5.03. The number of aromatic nitrogens is 2. The second-order valence-corrected chi connectivity index (χ2v) is 4.24. The van der Waals surface area contributed by atoms with Gasteiger partial charge in [0.05, 0.1) is 6.54 Å². The fourth-order valence-electron chi connectivity index (χ4n) is 1.49. The number of hydrogen-bond donors (Lipinski definition) is 2. The molecule has 5 heteroatoms. The van der Waals surface area contributed by atoms with E-state index < -0.39 is 0 Å². The summed E-state index contributed by atoms with van der Waals surface area (Å²) in [6, 6.07) is 7.74. The molecular formula is C11H12ClN3S. The average molecular weight is 254 g/mol. The number of nitrogens with one attached hydrogen (secondary N) is 1. The van der Waals surface area contributed by atoms with Crippen molar-refractivity contribution in [3.63, 3.8) is 0 Å². The molecule has 3 nitrogen and oxygen atoms in total. The second-order valence-electron chi connectivity index (χ2n) is 3.58. The molecule has 0 bridgehead atoms. The zero-order valence-corrected chi connectivity index (χ0v) is 10.5. The van der Waals surface area contributed by atoms with Crippen molar-refractivity contribution in [3.8, 4) is 0 Å². The largest absolute Gasteiger partial charge is 0.316 e. The molecule has 1 heterocycles. The molecule has 0 aliphatic heterocycles. The molecule has 0 amide bonds. The Bertz CT molecular complexity index is 496. The van der Waals surface area contributed by atoms with Crippen molar-refractivity contribution in [3.05, 3.63) is 46.6 Å². The Kier molecular flexibility index (Phi) is 3.41. The van der Waals surface area contributed by atoms with Crippen molar-refractivity contribution in [2.75, 3.05) is 4.72 Å². The first-order chi connectivity index (χ1) is 7.69. The van der Waals surface area contributed by atoms with Crippen molar-refractivity contribution in [1.29, 1.82) is 0 Å². The molecule has 0 radical (unpaired) electrons. The van der Waals surface area contributed by atoms with Crippen LogP contribution in [0.3, 0.4) is 0 Å². The van der Waals surface area contributed by atoms with E-state index in [1.807, 2.05) is 35.1 Å². The molecule has 0 fully saturated rings. The van der Waals surface area contributed by atoms with Crippen LogP contribution in [0, 0.1) is 6.92 Å². The maximum absolute atomic E-state index is 5.96. The summed E-state index contributed by atoms with van der Waals surface area (Å²) in [4.78, 5) is 0. The molecule has 0 saturated carbocycles.